The number of hydrogen-bond donors (Lipinski definition) is 1. The fourth-order valence-electron chi connectivity index (χ4n) is 3.45. The molecule has 1 saturated heterocycles. The predicted molar refractivity (Wildman–Crippen MR) is 105 cm³/mol. The van der Waals surface area contributed by atoms with E-state index in [0.29, 0.717) is 17.1 Å². The number of piperidine rings is 1. The molecule has 1 aliphatic rings. The summed E-state index contributed by atoms with van der Waals surface area (Å²) in [6, 6.07) is 7.40. The van der Waals surface area contributed by atoms with Crippen LogP contribution in [0.5, 0.6) is 0 Å². The summed E-state index contributed by atoms with van der Waals surface area (Å²) < 4.78 is 1.66. The van der Waals surface area contributed by atoms with Crippen LogP contribution < -0.4 is 5.32 Å². The van der Waals surface area contributed by atoms with Gasteiger partial charge in [0.2, 0.25) is 0 Å². The summed E-state index contributed by atoms with van der Waals surface area (Å²) in [5.41, 5.74) is 1.40. The van der Waals surface area contributed by atoms with Gasteiger partial charge in [-0.1, -0.05) is 24.6 Å². The highest BCUT2D eigenvalue weighted by Crippen LogP contribution is 2.16. The SMILES string of the molecule is CC1CCCN(CCCCNC(=O)c2cnn(-c3cccc(Cl)c3)c2)C1. The molecule has 0 radical (unpaired) electrons. The third-order valence-corrected chi connectivity index (χ3v) is 5.08. The number of likely N-dealkylation sites (tertiary alicyclic amines) is 1. The number of unbranched alkanes of at least 4 members (excludes halogenated alkanes) is 1. The van der Waals surface area contributed by atoms with E-state index in [1.54, 1.807) is 17.1 Å². The molecule has 0 saturated carbocycles. The van der Waals surface area contributed by atoms with E-state index in [0.717, 1.165) is 31.0 Å². The Labute approximate surface area is 160 Å². The Hall–Kier alpha value is -1.85. The van der Waals surface area contributed by atoms with E-state index in [4.69, 9.17) is 11.6 Å². The lowest BCUT2D eigenvalue weighted by Crippen LogP contribution is -2.35. The number of aromatic nitrogens is 2. The minimum Gasteiger partial charge on any atom is -0.352 e. The molecule has 1 amide bonds. The van der Waals surface area contributed by atoms with Gasteiger partial charge in [0.05, 0.1) is 17.4 Å². The Morgan fingerprint density at radius 1 is 1.38 bits per heavy atom. The van der Waals surface area contributed by atoms with Crippen LogP contribution in [0.4, 0.5) is 0 Å². The number of carbonyl (C=O) groups is 1. The fraction of sp³-hybridized carbons (Fsp3) is 0.500. The van der Waals surface area contributed by atoms with Crippen LogP contribution in [0.3, 0.4) is 0 Å². The van der Waals surface area contributed by atoms with Crippen molar-refractivity contribution in [2.75, 3.05) is 26.2 Å². The highest BCUT2D eigenvalue weighted by molar-refractivity contribution is 6.30. The van der Waals surface area contributed by atoms with Crippen molar-refractivity contribution in [3.63, 3.8) is 0 Å². The second kappa shape index (κ2) is 9.19. The fourth-order valence-corrected chi connectivity index (χ4v) is 3.64. The Morgan fingerprint density at radius 3 is 3.08 bits per heavy atom. The van der Waals surface area contributed by atoms with Crippen LogP contribution in [0.25, 0.3) is 5.69 Å². The smallest absolute Gasteiger partial charge is 0.254 e. The lowest BCUT2D eigenvalue weighted by Gasteiger charge is -2.30. The van der Waals surface area contributed by atoms with Crippen molar-refractivity contribution < 1.29 is 4.79 Å². The quantitative estimate of drug-likeness (QED) is 0.750. The van der Waals surface area contributed by atoms with Crippen molar-refractivity contribution in [1.29, 1.82) is 0 Å². The molecule has 0 aliphatic carbocycles. The number of rotatable bonds is 7. The van der Waals surface area contributed by atoms with Crippen molar-refractivity contribution in [3.05, 3.63) is 47.2 Å². The molecule has 1 N–H and O–H groups in total. The normalized spacial score (nSPS) is 18.0. The highest BCUT2D eigenvalue weighted by atomic mass is 35.5. The molecule has 6 heteroatoms. The van der Waals surface area contributed by atoms with Crippen molar-refractivity contribution >= 4 is 17.5 Å². The van der Waals surface area contributed by atoms with Gasteiger partial charge in [-0.15, -0.1) is 0 Å². The van der Waals surface area contributed by atoms with E-state index < -0.39 is 0 Å². The molecular formula is C20H27ClN4O. The molecule has 1 aliphatic heterocycles. The van der Waals surface area contributed by atoms with Gasteiger partial charge in [-0.3, -0.25) is 4.79 Å². The number of amides is 1. The number of benzene rings is 1. The maximum absolute atomic E-state index is 12.3. The Bertz CT molecular complexity index is 730. The summed E-state index contributed by atoms with van der Waals surface area (Å²) in [4.78, 5) is 14.8. The molecule has 1 aromatic carbocycles. The molecule has 0 spiro atoms. The summed E-state index contributed by atoms with van der Waals surface area (Å²) in [5.74, 6) is 0.740. The second-order valence-corrected chi connectivity index (χ2v) is 7.60. The first-order valence-electron chi connectivity index (χ1n) is 9.43. The molecule has 3 rings (SSSR count). The first-order chi connectivity index (χ1) is 12.6. The van der Waals surface area contributed by atoms with Gasteiger partial charge in [-0.25, -0.2) is 4.68 Å². The maximum atomic E-state index is 12.3. The van der Waals surface area contributed by atoms with Crippen LogP contribution in [-0.2, 0) is 0 Å². The van der Waals surface area contributed by atoms with Gasteiger partial charge in [0.25, 0.3) is 5.91 Å². The first kappa shape index (κ1) is 18.9. The van der Waals surface area contributed by atoms with Gasteiger partial charge < -0.3 is 10.2 Å². The van der Waals surface area contributed by atoms with Crippen LogP contribution in [0.1, 0.15) is 43.0 Å². The summed E-state index contributed by atoms with van der Waals surface area (Å²) in [6.45, 7) is 6.60. The molecule has 0 bridgehead atoms. The van der Waals surface area contributed by atoms with Crippen LogP contribution >= 0.6 is 11.6 Å². The van der Waals surface area contributed by atoms with Crippen molar-refractivity contribution in [2.45, 2.75) is 32.6 Å². The molecule has 1 fully saturated rings. The predicted octanol–water partition coefficient (Wildman–Crippen LogP) is 3.77. The summed E-state index contributed by atoms with van der Waals surface area (Å²) in [5, 5.41) is 7.88. The number of nitrogens with zero attached hydrogens (tertiary/aromatic N) is 3. The lowest BCUT2D eigenvalue weighted by atomic mass is 10.0. The van der Waals surface area contributed by atoms with Crippen LogP contribution in [0.2, 0.25) is 5.02 Å². The zero-order chi connectivity index (χ0) is 18.4. The van der Waals surface area contributed by atoms with E-state index >= 15 is 0 Å². The lowest BCUT2D eigenvalue weighted by molar-refractivity contribution is 0.0952. The van der Waals surface area contributed by atoms with Gasteiger partial charge in [0.1, 0.15) is 0 Å². The molecule has 1 unspecified atom stereocenters. The third kappa shape index (κ3) is 5.32. The monoisotopic (exact) mass is 374 g/mol. The van der Waals surface area contributed by atoms with Gasteiger partial charge >= 0.3 is 0 Å². The zero-order valence-electron chi connectivity index (χ0n) is 15.3. The minimum atomic E-state index is -0.0788. The van der Waals surface area contributed by atoms with E-state index in [9.17, 15) is 4.79 Å². The minimum absolute atomic E-state index is 0.0788. The average molecular weight is 375 g/mol. The molecule has 2 aromatic rings. The first-order valence-corrected chi connectivity index (χ1v) is 9.81. The molecule has 140 valence electrons. The Balaban J connectivity index is 1.40. The van der Waals surface area contributed by atoms with Crippen molar-refractivity contribution in [2.24, 2.45) is 5.92 Å². The molecule has 5 nitrogen and oxygen atoms in total. The van der Waals surface area contributed by atoms with Crippen molar-refractivity contribution in [1.82, 2.24) is 20.0 Å². The van der Waals surface area contributed by atoms with Crippen molar-refractivity contribution in [3.8, 4) is 5.69 Å². The largest absolute Gasteiger partial charge is 0.352 e. The standard InChI is InChI=1S/C20H27ClN4O/c1-16-6-5-11-24(14-16)10-3-2-9-22-20(26)17-13-23-25(15-17)19-8-4-7-18(21)12-19/h4,7-8,12-13,15-16H,2-3,5-6,9-11,14H2,1H3,(H,22,26). The average Bonchev–Trinajstić information content (AvgIpc) is 3.12. The second-order valence-electron chi connectivity index (χ2n) is 7.16. The van der Waals surface area contributed by atoms with Crippen LogP contribution in [0.15, 0.2) is 36.7 Å². The maximum Gasteiger partial charge on any atom is 0.254 e. The Kier molecular flexibility index (Phi) is 6.69. The highest BCUT2D eigenvalue weighted by Gasteiger charge is 2.15. The number of carbonyl (C=O) groups excluding carboxylic acids is 1. The molecule has 26 heavy (non-hydrogen) atoms. The summed E-state index contributed by atoms with van der Waals surface area (Å²) >= 11 is 6.00. The van der Waals surface area contributed by atoms with Crippen LogP contribution in [0, 0.1) is 5.92 Å². The zero-order valence-corrected chi connectivity index (χ0v) is 16.1. The number of halogens is 1. The van der Waals surface area contributed by atoms with E-state index in [1.807, 2.05) is 24.3 Å². The topological polar surface area (TPSA) is 50.2 Å². The third-order valence-electron chi connectivity index (χ3n) is 4.85. The van der Waals surface area contributed by atoms with Gasteiger partial charge in [0.15, 0.2) is 0 Å². The Morgan fingerprint density at radius 2 is 2.27 bits per heavy atom. The number of hydrogen-bond acceptors (Lipinski definition) is 3. The van der Waals surface area contributed by atoms with Gasteiger partial charge in [-0.2, -0.15) is 5.10 Å². The van der Waals surface area contributed by atoms with E-state index in [1.165, 1.54) is 25.9 Å². The van der Waals surface area contributed by atoms with E-state index in [-0.39, 0.29) is 5.91 Å². The van der Waals surface area contributed by atoms with Gasteiger partial charge in [0, 0.05) is 24.3 Å². The van der Waals surface area contributed by atoms with E-state index in [2.05, 4.69) is 22.2 Å². The molecular weight excluding hydrogens is 348 g/mol. The summed E-state index contributed by atoms with van der Waals surface area (Å²) in [7, 11) is 0. The molecule has 1 aromatic heterocycles. The summed E-state index contributed by atoms with van der Waals surface area (Å²) in [6.07, 6.45) is 8.11. The van der Waals surface area contributed by atoms with Crippen LogP contribution in [-0.4, -0.2) is 46.8 Å². The molecule has 1 atom stereocenters. The number of nitrogens with one attached hydrogen (secondary N) is 1. The molecule has 2 heterocycles. The van der Waals surface area contributed by atoms with Gasteiger partial charge in [-0.05, 0) is 62.9 Å².